The van der Waals surface area contributed by atoms with Crippen LogP contribution >= 0.6 is 12.6 Å². The lowest BCUT2D eigenvalue weighted by atomic mass is 10.0. The average molecular weight is 546 g/mol. The van der Waals surface area contributed by atoms with Crippen molar-refractivity contribution in [3.05, 3.63) is 48.0 Å². The van der Waals surface area contributed by atoms with Crippen molar-refractivity contribution < 1.29 is 24.3 Å². The molecule has 0 heterocycles. The van der Waals surface area contributed by atoms with Gasteiger partial charge < -0.3 is 38.3 Å². The fraction of sp³-hybridized carbons (Fsp3) is 0.400. The predicted octanol–water partition coefficient (Wildman–Crippen LogP) is -0.748. The summed E-state index contributed by atoms with van der Waals surface area (Å²) in [5.74, 6) is -3.30. The lowest BCUT2D eigenvalue weighted by molar-refractivity contribution is -0.141. The van der Waals surface area contributed by atoms with Crippen LogP contribution in [0.15, 0.2) is 47.5 Å². The summed E-state index contributed by atoms with van der Waals surface area (Å²) in [6, 6.07) is 9.14. The van der Waals surface area contributed by atoms with Crippen molar-refractivity contribution in [2.75, 3.05) is 12.3 Å². The molecule has 10 N–H and O–H groups in total. The zero-order chi connectivity index (χ0) is 28.2. The number of hydrogen-bond acceptors (Lipinski definition) is 7. The van der Waals surface area contributed by atoms with Crippen LogP contribution in [-0.2, 0) is 25.6 Å². The number of benzene rings is 2. The van der Waals surface area contributed by atoms with Gasteiger partial charge in [-0.1, -0.05) is 42.5 Å². The molecule has 13 heteroatoms. The summed E-state index contributed by atoms with van der Waals surface area (Å²) in [5.41, 5.74) is 17.4. The van der Waals surface area contributed by atoms with Crippen LogP contribution in [0, 0.1) is 0 Å². The maximum absolute atomic E-state index is 13.2. The molecule has 3 amide bonds. The van der Waals surface area contributed by atoms with E-state index in [0.29, 0.717) is 13.0 Å². The summed E-state index contributed by atoms with van der Waals surface area (Å²) in [4.78, 5) is 53.5. The number of nitrogens with zero attached hydrogens (tertiary/aromatic N) is 1. The van der Waals surface area contributed by atoms with Gasteiger partial charge in [-0.15, -0.1) is 0 Å². The van der Waals surface area contributed by atoms with Crippen LogP contribution in [0.4, 0.5) is 0 Å². The van der Waals surface area contributed by atoms with Crippen LogP contribution in [0.3, 0.4) is 0 Å². The van der Waals surface area contributed by atoms with Gasteiger partial charge in [0, 0.05) is 18.7 Å². The van der Waals surface area contributed by atoms with Gasteiger partial charge >= 0.3 is 5.97 Å². The van der Waals surface area contributed by atoms with E-state index >= 15 is 0 Å². The van der Waals surface area contributed by atoms with Crippen LogP contribution in [0.5, 0.6) is 0 Å². The Morgan fingerprint density at radius 3 is 2.24 bits per heavy atom. The quantitative estimate of drug-likeness (QED) is 0.0652. The molecule has 0 aromatic heterocycles. The largest absolute Gasteiger partial charge is 0.480 e. The minimum Gasteiger partial charge on any atom is -0.480 e. The zero-order valence-electron chi connectivity index (χ0n) is 21.1. The van der Waals surface area contributed by atoms with Gasteiger partial charge in [0.25, 0.3) is 0 Å². The molecular weight excluding hydrogens is 510 g/mol. The minimum atomic E-state index is -1.25. The van der Waals surface area contributed by atoms with E-state index in [2.05, 4.69) is 33.6 Å². The van der Waals surface area contributed by atoms with Gasteiger partial charge in [0.1, 0.15) is 18.1 Å². The fourth-order valence-corrected chi connectivity index (χ4v) is 3.85. The molecule has 4 atom stereocenters. The number of nitrogens with two attached hydrogens (primary N) is 3. The molecule has 2 aromatic rings. The Morgan fingerprint density at radius 2 is 1.61 bits per heavy atom. The fourth-order valence-electron chi connectivity index (χ4n) is 3.60. The molecule has 0 aliphatic carbocycles. The predicted molar refractivity (Wildman–Crippen MR) is 148 cm³/mol. The highest BCUT2D eigenvalue weighted by molar-refractivity contribution is 7.80. The molecule has 206 valence electrons. The lowest BCUT2D eigenvalue weighted by Gasteiger charge is -2.23. The molecule has 0 aliphatic rings. The first-order chi connectivity index (χ1) is 18.0. The molecule has 2 rings (SSSR count). The van der Waals surface area contributed by atoms with Crippen LogP contribution in [-0.4, -0.2) is 71.2 Å². The second-order valence-corrected chi connectivity index (χ2v) is 9.18. The van der Waals surface area contributed by atoms with E-state index in [4.69, 9.17) is 22.3 Å². The number of rotatable bonds is 14. The monoisotopic (exact) mass is 545 g/mol. The Labute approximate surface area is 226 Å². The Kier molecular flexibility index (Phi) is 11.8. The Balaban J connectivity index is 2.15. The van der Waals surface area contributed by atoms with Crippen LogP contribution in [0.2, 0.25) is 0 Å². The van der Waals surface area contributed by atoms with E-state index in [0.717, 1.165) is 16.3 Å². The van der Waals surface area contributed by atoms with E-state index in [9.17, 15) is 19.2 Å². The number of aliphatic carboxylic acids is 1. The molecule has 0 aliphatic heterocycles. The van der Waals surface area contributed by atoms with Crippen molar-refractivity contribution in [2.24, 2.45) is 22.2 Å². The van der Waals surface area contributed by atoms with Crippen LogP contribution < -0.4 is 33.2 Å². The maximum atomic E-state index is 13.2. The van der Waals surface area contributed by atoms with Gasteiger partial charge in [-0.3, -0.25) is 19.4 Å². The Bertz CT molecular complexity index is 1170. The normalized spacial score (nSPS) is 14.0. The molecule has 0 spiro atoms. The molecule has 0 saturated heterocycles. The average Bonchev–Trinajstić information content (AvgIpc) is 2.88. The number of thiol groups is 1. The van der Waals surface area contributed by atoms with Crippen molar-refractivity contribution >= 4 is 53.1 Å². The Morgan fingerprint density at radius 1 is 0.947 bits per heavy atom. The number of aliphatic imine (C=N–C) groups is 1. The number of amides is 3. The van der Waals surface area contributed by atoms with Crippen LogP contribution in [0.25, 0.3) is 10.8 Å². The maximum Gasteiger partial charge on any atom is 0.327 e. The number of nitrogens with one attached hydrogen (secondary N) is 3. The second-order valence-electron chi connectivity index (χ2n) is 8.81. The van der Waals surface area contributed by atoms with E-state index in [1.165, 1.54) is 6.92 Å². The first kappa shape index (κ1) is 30.4. The SMILES string of the molecule is C[C@@H](NC(=O)[C@H](Cc1ccc2ccccc2c1)NC(=O)[C@@H](N)CCCN=C(N)N)C(=O)N[C@H](CS)C(=O)O. The smallest absolute Gasteiger partial charge is 0.327 e. The molecule has 0 fully saturated rings. The molecule has 12 nitrogen and oxygen atoms in total. The van der Waals surface area contributed by atoms with E-state index in [1.807, 2.05) is 42.5 Å². The van der Waals surface area contributed by atoms with Gasteiger partial charge in [0.15, 0.2) is 5.96 Å². The molecular formula is C25H35N7O5S. The topological polar surface area (TPSA) is 215 Å². The molecule has 2 aromatic carbocycles. The molecule has 0 bridgehead atoms. The standard InChI is InChI=1S/C25H35N7O5S/c1-14(21(33)32-20(13-38)24(36)37)30-23(35)19(31-22(34)18(26)7-4-10-29-25(27)28)12-15-8-9-16-5-2-3-6-17(16)11-15/h2-3,5-6,8-9,11,14,18-20,38H,4,7,10,12-13,26H2,1H3,(H,30,35)(H,31,34)(H,32,33)(H,36,37)(H4,27,28,29)/t14-,18+,19+,20-/m1/s1. The number of carbonyl (C=O) groups excluding carboxylic acids is 3. The summed E-state index contributed by atoms with van der Waals surface area (Å²) < 4.78 is 0. The minimum absolute atomic E-state index is 0.0580. The lowest BCUT2D eigenvalue weighted by Crippen LogP contribution is -2.57. The number of fused-ring (bicyclic) bond motifs is 1. The third-order valence-electron chi connectivity index (χ3n) is 5.74. The number of carboxylic acids is 1. The molecule has 0 radical (unpaired) electrons. The highest BCUT2D eigenvalue weighted by Crippen LogP contribution is 2.17. The molecule has 0 saturated carbocycles. The third kappa shape index (κ3) is 9.56. The highest BCUT2D eigenvalue weighted by atomic mass is 32.1. The van der Waals surface area contributed by atoms with E-state index in [1.54, 1.807) is 0 Å². The van der Waals surface area contributed by atoms with Gasteiger partial charge in [0.05, 0.1) is 6.04 Å². The number of carbonyl (C=O) groups is 4. The van der Waals surface area contributed by atoms with Gasteiger partial charge in [-0.05, 0) is 36.1 Å². The van der Waals surface area contributed by atoms with E-state index in [-0.39, 0.29) is 24.6 Å². The van der Waals surface area contributed by atoms with Crippen molar-refractivity contribution in [1.82, 2.24) is 16.0 Å². The Hall–Kier alpha value is -3.84. The number of hydrogen-bond donors (Lipinski definition) is 8. The van der Waals surface area contributed by atoms with E-state index < -0.39 is 47.9 Å². The van der Waals surface area contributed by atoms with Crippen molar-refractivity contribution in [3.8, 4) is 0 Å². The molecule has 0 unspecified atom stereocenters. The van der Waals surface area contributed by atoms with Crippen molar-refractivity contribution in [1.29, 1.82) is 0 Å². The van der Waals surface area contributed by atoms with Gasteiger partial charge in [-0.25, -0.2) is 4.79 Å². The summed E-state index contributed by atoms with van der Waals surface area (Å²) in [6.45, 7) is 1.72. The van der Waals surface area contributed by atoms with Crippen LogP contribution in [0.1, 0.15) is 25.3 Å². The van der Waals surface area contributed by atoms with Crippen molar-refractivity contribution in [2.45, 2.75) is 50.4 Å². The summed E-state index contributed by atoms with van der Waals surface area (Å²) in [7, 11) is 0. The van der Waals surface area contributed by atoms with Gasteiger partial charge in [0.2, 0.25) is 17.7 Å². The zero-order valence-corrected chi connectivity index (χ0v) is 22.0. The number of carboxylic acid groups (broad SMARTS) is 1. The highest BCUT2D eigenvalue weighted by Gasteiger charge is 2.28. The first-order valence-corrected chi connectivity index (χ1v) is 12.7. The second kappa shape index (κ2) is 14.8. The van der Waals surface area contributed by atoms with Gasteiger partial charge in [-0.2, -0.15) is 12.6 Å². The summed E-state index contributed by atoms with van der Waals surface area (Å²) in [5, 5.41) is 18.7. The summed E-state index contributed by atoms with van der Waals surface area (Å²) in [6.07, 6.45) is 0.874. The molecule has 38 heavy (non-hydrogen) atoms. The summed E-state index contributed by atoms with van der Waals surface area (Å²) >= 11 is 3.92. The third-order valence-corrected chi connectivity index (χ3v) is 6.11. The van der Waals surface area contributed by atoms with Crippen molar-refractivity contribution in [3.63, 3.8) is 0 Å². The number of guanidine groups is 1. The first-order valence-electron chi connectivity index (χ1n) is 12.0.